The second-order valence-corrected chi connectivity index (χ2v) is 7.68. The molecule has 0 radical (unpaired) electrons. The van der Waals surface area contributed by atoms with Crippen LogP contribution < -0.4 is 20.2 Å². The summed E-state index contributed by atoms with van der Waals surface area (Å²) in [7, 11) is 3.08. The van der Waals surface area contributed by atoms with Crippen LogP contribution in [0.2, 0.25) is 0 Å². The number of hydrazone groups is 1. The molecule has 35 heavy (non-hydrogen) atoms. The van der Waals surface area contributed by atoms with Crippen LogP contribution in [0.1, 0.15) is 27.9 Å². The average Bonchev–Trinajstić information content (AvgIpc) is 2.83. The van der Waals surface area contributed by atoms with E-state index in [0.29, 0.717) is 40.7 Å². The molecule has 0 spiro atoms. The van der Waals surface area contributed by atoms with E-state index in [9.17, 15) is 10.1 Å². The van der Waals surface area contributed by atoms with E-state index in [1.165, 1.54) is 7.11 Å². The van der Waals surface area contributed by atoms with Gasteiger partial charge in [0.15, 0.2) is 23.9 Å². The smallest absolute Gasteiger partial charge is 0.262 e. The van der Waals surface area contributed by atoms with E-state index in [1.54, 1.807) is 31.5 Å². The van der Waals surface area contributed by atoms with Crippen LogP contribution >= 0.6 is 0 Å². The van der Waals surface area contributed by atoms with E-state index in [1.807, 2.05) is 44.2 Å². The second kappa shape index (κ2) is 12.2. The van der Waals surface area contributed by atoms with Crippen molar-refractivity contribution in [1.29, 1.82) is 5.26 Å². The maximum Gasteiger partial charge on any atom is 0.262 e. The molecule has 0 unspecified atom stereocenters. The predicted molar refractivity (Wildman–Crippen MR) is 134 cm³/mol. The monoisotopic (exact) mass is 473 g/mol. The number of carbonyl (C=O) groups excluding carboxylic acids is 1. The number of nitriles is 1. The minimum atomic E-state index is -0.278. The zero-order valence-corrected chi connectivity index (χ0v) is 20.1. The third-order valence-corrected chi connectivity index (χ3v) is 4.87. The number of ether oxygens (including phenoxy) is 3. The third kappa shape index (κ3) is 7.03. The summed E-state index contributed by atoms with van der Waals surface area (Å²) in [5, 5.41) is 16.5. The molecule has 0 fully saturated rings. The second-order valence-electron chi connectivity index (χ2n) is 7.68. The highest BCUT2D eigenvalue weighted by molar-refractivity contribution is 5.92. The number of hydrogen-bond donors (Lipinski definition) is 2. The number of aromatic nitrogens is 1. The highest BCUT2D eigenvalue weighted by atomic mass is 16.5. The number of pyridine rings is 1. The molecule has 0 atom stereocenters. The molecule has 1 heterocycles. The average molecular weight is 474 g/mol. The van der Waals surface area contributed by atoms with Gasteiger partial charge in [-0.15, -0.1) is 0 Å². The Bertz CT molecular complexity index is 1270. The van der Waals surface area contributed by atoms with E-state index in [4.69, 9.17) is 14.2 Å². The van der Waals surface area contributed by atoms with Crippen molar-refractivity contribution in [3.05, 3.63) is 76.5 Å². The molecule has 0 aliphatic carbocycles. The van der Waals surface area contributed by atoms with E-state index in [2.05, 4.69) is 26.9 Å². The summed E-state index contributed by atoms with van der Waals surface area (Å²) in [4.78, 5) is 16.6. The molecule has 0 bridgehead atoms. The number of nitrogens with one attached hydrogen (secondary N) is 2. The van der Waals surface area contributed by atoms with Crippen LogP contribution in [0, 0.1) is 25.2 Å². The van der Waals surface area contributed by atoms with Gasteiger partial charge in [0.2, 0.25) is 0 Å². The van der Waals surface area contributed by atoms with Crippen LogP contribution in [0.15, 0.2) is 53.6 Å². The highest BCUT2D eigenvalue weighted by Crippen LogP contribution is 2.28. The lowest BCUT2D eigenvalue weighted by Gasteiger charge is -2.12. The molecule has 9 heteroatoms. The van der Waals surface area contributed by atoms with Gasteiger partial charge in [-0.1, -0.05) is 12.1 Å². The maximum atomic E-state index is 12.2. The summed E-state index contributed by atoms with van der Waals surface area (Å²) in [5.74, 6) is 0.945. The van der Waals surface area contributed by atoms with E-state index in [0.717, 1.165) is 16.8 Å². The highest BCUT2D eigenvalue weighted by Gasteiger charge is 2.12. The Morgan fingerprint density at radius 1 is 1.14 bits per heavy atom. The Hall–Kier alpha value is -4.42. The molecule has 3 rings (SSSR count). The number of hydrogen-bond acceptors (Lipinski definition) is 8. The third-order valence-electron chi connectivity index (χ3n) is 4.87. The first-order valence-corrected chi connectivity index (χ1v) is 10.8. The molecule has 0 saturated heterocycles. The lowest BCUT2D eigenvalue weighted by molar-refractivity contribution is -0.118. The van der Waals surface area contributed by atoms with E-state index < -0.39 is 0 Å². The van der Waals surface area contributed by atoms with E-state index >= 15 is 0 Å². The summed E-state index contributed by atoms with van der Waals surface area (Å²) >= 11 is 0. The first-order chi connectivity index (χ1) is 16.9. The Labute approximate surface area is 204 Å². The van der Waals surface area contributed by atoms with Gasteiger partial charge in [-0.05, 0) is 61.4 Å². The Kier molecular flexibility index (Phi) is 8.76. The molecule has 180 valence electrons. The maximum absolute atomic E-state index is 12.2. The summed E-state index contributed by atoms with van der Waals surface area (Å²) in [6.07, 6.45) is 1.57. The van der Waals surface area contributed by atoms with Crippen molar-refractivity contribution in [3.8, 4) is 17.6 Å². The van der Waals surface area contributed by atoms with Crippen LogP contribution in [0.3, 0.4) is 0 Å². The van der Waals surface area contributed by atoms with Gasteiger partial charge < -0.3 is 19.5 Å². The van der Waals surface area contributed by atoms with Crippen LogP contribution in [-0.4, -0.2) is 37.9 Å². The molecule has 1 amide bonds. The zero-order valence-electron chi connectivity index (χ0n) is 20.1. The molecule has 3 aromatic rings. The number of benzene rings is 2. The van der Waals surface area contributed by atoms with Gasteiger partial charge in [-0.25, -0.2) is 4.98 Å². The number of rotatable bonds is 10. The molecular weight excluding hydrogens is 446 g/mol. The molecule has 0 aliphatic rings. The Morgan fingerprint density at radius 2 is 1.97 bits per heavy atom. The van der Waals surface area contributed by atoms with Crippen molar-refractivity contribution < 1.29 is 19.0 Å². The minimum absolute atomic E-state index is 0.168. The number of aryl methyl sites for hydroxylation is 2. The van der Waals surface area contributed by atoms with E-state index in [-0.39, 0.29) is 12.5 Å². The zero-order chi connectivity index (χ0) is 25.2. The topological polar surface area (TPSA) is 118 Å². The Balaban J connectivity index is 1.65. The number of amides is 1. The molecular formula is C26H27N5O4. The first-order valence-electron chi connectivity index (χ1n) is 10.8. The van der Waals surface area contributed by atoms with Gasteiger partial charge in [0, 0.05) is 24.1 Å². The fraction of sp³-hybridized carbons (Fsp3) is 0.231. The van der Waals surface area contributed by atoms with Crippen LogP contribution in [0.25, 0.3) is 0 Å². The molecule has 0 saturated carbocycles. The predicted octanol–water partition coefficient (Wildman–Crippen LogP) is 4.19. The minimum Gasteiger partial charge on any atom is -0.493 e. The summed E-state index contributed by atoms with van der Waals surface area (Å²) < 4.78 is 16.2. The van der Waals surface area contributed by atoms with Crippen molar-refractivity contribution in [3.63, 3.8) is 0 Å². The number of carbonyl (C=O) groups is 1. The number of anilines is 2. The number of nitrogens with zero attached hydrogens (tertiary/aromatic N) is 3. The molecule has 2 N–H and O–H groups in total. The lowest BCUT2D eigenvalue weighted by Crippen LogP contribution is -2.20. The van der Waals surface area contributed by atoms with Crippen molar-refractivity contribution in [1.82, 2.24) is 4.98 Å². The van der Waals surface area contributed by atoms with Gasteiger partial charge in [0.25, 0.3) is 5.91 Å². The van der Waals surface area contributed by atoms with Gasteiger partial charge >= 0.3 is 0 Å². The lowest BCUT2D eigenvalue weighted by atomic mass is 10.1. The largest absolute Gasteiger partial charge is 0.493 e. The van der Waals surface area contributed by atoms with Crippen molar-refractivity contribution in [2.45, 2.75) is 20.5 Å². The molecule has 9 nitrogen and oxygen atoms in total. The van der Waals surface area contributed by atoms with Gasteiger partial charge in [0.1, 0.15) is 11.6 Å². The van der Waals surface area contributed by atoms with Gasteiger partial charge in [-0.3, -0.25) is 10.2 Å². The summed E-state index contributed by atoms with van der Waals surface area (Å²) in [5.41, 5.74) is 7.15. The van der Waals surface area contributed by atoms with Gasteiger partial charge in [-0.2, -0.15) is 10.4 Å². The summed E-state index contributed by atoms with van der Waals surface area (Å²) in [6, 6.07) is 16.7. The number of methoxy groups -OCH3 is 2. The quantitative estimate of drug-likeness (QED) is 0.335. The molecule has 0 aliphatic heterocycles. The van der Waals surface area contributed by atoms with Crippen LogP contribution in [0.5, 0.6) is 11.5 Å². The molecule has 2 aromatic carbocycles. The van der Waals surface area contributed by atoms with Crippen molar-refractivity contribution >= 4 is 23.6 Å². The van der Waals surface area contributed by atoms with Crippen molar-refractivity contribution in [2.75, 3.05) is 31.6 Å². The van der Waals surface area contributed by atoms with Gasteiger partial charge in [0.05, 0.1) is 19.9 Å². The standard InChI is InChI=1S/C26H27N5O4/c1-17-6-5-7-21(10-17)30-25(32)16-35-23-9-8-19(12-24(23)34-4)14-28-31-26-22(13-27)20(15-33-3)11-18(2)29-26/h5-12,14H,15-16H2,1-4H3,(H,29,31)(H,30,32)/b28-14-. The molecule has 1 aromatic heterocycles. The Morgan fingerprint density at radius 3 is 2.69 bits per heavy atom. The SMILES string of the molecule is COCc1cc(C)nc(N/N=C\c2ccc(OCC(=O)Nc3cccc(C)c3)c(OC)c2)c1C#N. The van der Waals surface area contributed by atoms with Crippen LogP contribution in [0.4, 0.5) is 11.5 Å². The first kappa shape index (κ1) is 25.2. The fourth-order valence-corrected chi connectivity index (χ4v) is 3.33. The summed E-state index contributed by atoms with van der Waals surface area (Å²) in [6.45, 7) is 3.92. The van der Waals surface area contributed by atoms with Crippen LogP contribution in [-0.2, 0) is 16.1 Å². The fourth-order valence-electron chi connectivity index (χ4n) is 3.33. The normalized spacial score (nSPS) is 10.6. The van der Waals surface area contributed by atoms with Crippen molar-refractivity contribution in [2.24, 2.45) is 5.10 Å².